The summed E-state index contributed by atoms with van der Waals surface area (Å²) >= 11 is 0. The monoisotopic (exact) mass is 309 g/mol. The third-order valence-corrected chi connectivity index (χ3v) is 3.50. The fraction of sp³-hybridized carbons (Fsp3) is 0.308. The first kappa shape index (κ1) is 14.5. The molecule has 22 heavy (non-hydrogen) atoms. The summed E-state index contributed by atoms with van der Waals surface area (Å²) in [7, 11) is 1.29. The summed E-state index contributed by atoms with van der Waals surface area (Å²) in [5.74, 6) is -1.70. The predicted molar refractivity (Wildman–Crippen MR) is 73.5 cm³/mol. The maximum atomic E-state index is 13.9. The zero-order chi connectivity index (χ0) is 15.9. The Hall–Kier alpha value is -2.39. The summed E-state index contributed by atoms with van der Waals surface area (Å²) in [6.45, 7) is 0.638. The lowest BCUT2D eigenvalue weighted by molar-refractivity contribution is 0.511. The van der Waals surface area contributed by atoms with Crippen molar-refractivity contribution >= 4 is 0 Å². The lowest BCUT2D eigenvalue weighted by atomic mass is 10.2. The van der Waals surface area contributed by atoms with Gasteiger partial charge in [0.25, 0.3) is 5.56 Å². The van der Waals surface area contributed by atoms with Crippen LogP contribution >= 0.6 is 0 Å². The molecular weight excluding hydrogens is 296 g/mol. The van der Waals surface area contributed by atoms with E-state index in [1.807, 2.05) is 0 Å². The normalized spacial score (nSPS) is 17.9. The van der Waals surface area contributed by atoms with Crippen molar-refractivity contribution in [2.45, 2.75) is 12.5 Å². The molecule has 1 aliphatic rings. The van der Waals surface area contributed by atoms with Crippen LogP contribution in [0.4, 0.5) is 8.78 Å². The molecule has 0 saturated carbocycles. The maximum absolute atomic E-state index is 13.9. The van der Waals surface area contributed by atoms with Gasteiger partial charge in [-0.05, 0) is 18.6 Å². The average molecular weight is 309 g/mol. The molecule has 1 aromatic heterocycles. The van der Waals surface area contributed by atoms with Gasteiger partial charge in [0.05, 0.1) is 6.04 Å². The van der Waals surface area contributed by atoms with Gasteiger partial charge in [-0.1, -0.05) is 0 Å². The maximum Gasteiger partial charge on any atom is 0.352 e. The fourth-order valence-electron chi connectivity index (χ4n) is 2.31. The number of rotatable bonds is 2. The lowest BCUT2D eigenvalue weighted by Gasteiger charge is -2.13. The molecular formula is C13H13F2N5O2. The molecule has 0 radical (unpaired) electrons. The van der Waals surface area contributed by atoms with Crippen LogP contribution in [-0.2, 0) is 7.05 Å². The van der Waals surface area contributed by atoms with Crippen LogP contribution in [0.15, 0.2) is 27.8 Å². The van der Waals surface area contributed by atoms with E-state index in [4.69, 9.17) is 0 Å². The Morgan fingerprint density at radius 1 is 1.32 bits per heavy atom. The average Bonchev–Trinajstić information content (AvgIpc) is 3.00. The second kappa shape index (κ2) is 5.43. The van der Waals surface area contributed by atoms with E-state index >= 15 is 0 Å². The van der Waals surface area contributed by atoms with E-state index in [9.17, 15) is 18.4 Å². The molecule has 0 aliphatic carbocycles. The zero-order valence-electron chi connectivity index (χ0n) is 11.6. The first-order chi connectivity index (χ1) is 10.5. The Morgan fingerprint density at radius 2 is 2.09 bits per heavy atom. The largest absolute Gasteiger partial charge is 0.352 e. The van der Waals surface area contributed by atoms with Crippen LogP contribution in [0.5, 0.6) is 0 Å². The summed E-state index contributed by atoms with van der Waals surface area (Å²) in [5.41, 5.74) is 4.26. The summed E-state index contributed by atoms with van der Waals surface area (Å²) in [4.78, 5) is 24.3. The molecule has 0 bridgehead atoms. The molecule has 3 rings (SSSR count). The molecule has 2 heterocycles. The highest BCUT2D eigenvalue weighted by atomic mass is 19.1. The van der Waals surface area contributed by atoms with Gasteiger partial charge in [-0.25, -0.2) is 19.0 Å². The number of hydrogen-bond donors (Lipinski definition) is 2. The van der Waals surface area contributed by atoms with Crippen molar-refractivity contribution < 1.29 is 8.78 Å². The summed E-state index contributed by atoms with van der Waals surface area (Å²) in [6, 6.07) is 2.40. The van der Waals surface area contributed by atoms with Gasteiger partial charge in [0.1, 0.15) is 17.2 Å². The number of hydrazine groups is 1. The highest BCUT2D eigenvalue weighted by Gasteiger charge is 2.24. The lowest BCUT2D eigenvalue weighted by Crippen LogP contribution is -2.43. The van der Waals surface area contributed by atoms with E-state index in [1.54, 1.807) is 0 Å². The van der Waals surface area contributed by atoms with E-state index < -0.39 is 22.9 Å². The highest BCUT2D eigenvalue weighted by Crippen LogP contribution is 2.15. The minimum Gasteiger partial charge on any atom is -0.267 e. The van der Waals surface area contributed by atoms with Crippen LogP contribution in [0, 0.1) is 11.6 Å². The second-order valence-corrected chi connectivity index (χ2v) is 4.95. The van der Waals surface area contributed by atoms with Crippen molar-refractivity contribution in [2.75, 3.05) is 6.54 Å². The predicted octanol–water partition coefficient (Wildman–Crippen LogP) is -0.252. The van der Waals surface area contributed by atoms with Crippen molar-refractivity contribution in [3.05, 3.63) is 56.4 Å². The quantitative estimate of drug-likeness (QED) is 0.799. The minimum absolute atomic E-state index is 0.0934. The van der Waals surface area contributed by atoms with Gasteiger partial charge in [0.15, 0.2) is 5.82 Å². The molecule has 1 aliphatic heterocycles. The molecule has 0 amide bonds. The van der Waals surface area contributed by atoms with E-state index in [-0.39, 0.29) is 17.4 Å². The first-order valence-corrected chi connectivity index (χ1v) is 6.63. The molecule has 1 aromatic carbocycles. The van der Waals surface area contributed by atoms with Crippen LogP contribution in [0.2, 0.25) is 0 Å². The van der Waals surface area contributed by atoms with Gasteiger partial charge < -0.3 is 0 Å². The zero-order valence-corrected chi connectivity index (χ0v) is 11.6. The van der Waals surface area contributed by atoms with Crippen molar-refractivity contribution in [3.8, 4) is 5.69 Å². The molecule has 1 unspecified atom stereocenters. The molecule has 7 nitrogen and oxygen atoms in total. The van der Waals surface area contributed by atoms with Crippen molar-refractivity contribution in [1.82, 2.24) is 25.2 Å². The van der Waals surface area contributed by atoms with Gasteiger partial charge in [0, 0.05) is 19.7 Å². The number of benzene rings is 1. The topological polar surface area (TPSA) is 81.0 Å². The van der Waals surface area contributed by atoms with Gasteiger partial charge >= 0.3 is 5.69 Å². The third kappa shape index (κ3) is 2.34. The van der Waals surface area contributed by atoms with E-state index in [1.165, 1.54) is 7.05 Å². The molecule has 1 atom stereocenters. The van der Waals surface area contributed by atoms with Crippen LogP contribution in [0.1, 0.15) is 18.2 Å². The Bertz CT molecular complexity index is 839. The standard InChI is InChI=1S/C13H13F2N5O2/c1-19-12(21)11(9-4-5-16-17-9)18-20(13(19)22)10-3-2-7(14)6-8(10)15/h2-3,6,9,16-17H,4-5H2,1H3. The van der Waals surface area contributed by atoms with Crippen molar-refractivity contribution in [2.24, 2.45) is 7.05 Å². The first-order valence-electron chi connectivity index (χ1n) is 6.63. The molecule has 1 saturated heterocycles. The molecule has 1 fully saturated rings. The van der Waals surface area contributed by atoms with E-state index in [0.717, 1.165) is 21.4 Å². The van der Waals surface area contributed by atoms with Gasteiger partial charge in [-0.3, -0.25) is 14.8 Å². The van der Waals surface area contributed by atoms with Crippen LogP contribution in [0.3, 0.4) is 0 Å². The van der Waals surface area contributed by atoms with Gasteiger partial charge in [0.2, 0.25) is 0 Å². The molecule has 0 spiro atoms. The number of aromatic nitrogens is 3. The Kier molecular flexibility index (Phi) is 3.59. The van der Waals surface area contributed by atoms with Crippen molar-refractivity contribution in [1.29, 1.82) is 0 Å². The van der Waals surface area contributed by atoms with Gasteiger partial charge in [-0.15, -0.1) is 0 Å². The van der Waals surface area contributed by atoms with Crippen LogP contribution in [0.25, 0.3) is 5.69 Å². The number of halogens is 2. The van der Waals surface area contributed by atoms with E-state index in [2.05, 4.69) is 16.0 Å². The summed E-state index contributed by atoms with van der Waals surface area (Å²) < 4.78 is 28.5. The van der Waals surface area contributed by atoms with Gasteiger partial charge in [-0.2, -0.15) is 9.78 Å². The highest BCUT2D eigenvalue weighted by molar-refractivity contribution is 5.32. The van der Waals surface area contributed by atoms with Crippen LogP contribution < -0.4 is 22.1 Å². The number of nitrogens with one attached hydrogen (secondary N) is 2. The summed E-state index contributed by atoms with van der Waals surface area (Å²) in [5, 5.41) is 3.98. The van der Waals surface area contributed by atoms with E-state index in [0.29, 0.717) is 19.0 Å². The molecule has 2 aromatic rings. The minimum atomic E-state index is -0.934. The second-order valence-electron chi connectivity index (χ2n) is 4.95. The molecule has 2 N–H and O–H groups in total. The smallest absolute Gasteiger partial charge is 0.267 e. The van der Waals surface area contributed by atoms with Crippen molar-refractivity contribution in [3.63, 3.8) is 0 Å². The number of nitrogens with zero attached hydrogens (tertiary/aromatic N) is 3. The molecule has 9 heteroatoms. The summed E-state index contributed by atoms with van der Waals surface area (Å²) in [6.07, 6.45) is 0.604. The van der Waals surface area contributed by atoms with Crippen LogP contribution in [-0.4, -0.2) is 20.9 Å². The SMILES string of the molecule is Cn1c(=O)c(C2CCNN2)nn(-c2ccc(F)cc2F)c1=O. The molecule has 116 valence electrons. The Morgan fingerprint density at radius 3 is 2.73 bits per heavy atom. The third-order valence-electron chi connectivity index (χ3n) is 3.50. The Balaban J connectivity index is 2.23. The fourth-order valence-corrected chi connectivity index (χ4v) is 2.31. The Labute approximate surface area is 123 Å². The number of hydrogen-bond acceptors (Lipinski definition) is 5.